The SMILES string of the molecule is CN1CCc2c(Cl)ccc(-n3cccc3)c2CC1.Cl. The van der Waals surface area contributed by atoms with Crippen molar-refractivity contribution in [2.24, 2.45) is 0 Å². The molecule has 1 aliphatic heterocycles. The Morgan fingerprint density at radius 1 is 1.00 bits per heavy atom. The van der Waals surface area contributed by atoms with E-state index in [1.165, 1.54) is 16.8 Å². The van der Waals surface area contributed by atoms with E-state index in [0.29, 0.717) is 0 Å². The maximum atomic E-state index is 6.37. The van der Waals surface area contributed by atoms with Crippen molar-refractivity contribution in [2.75, 3.05) is 20.1 Å². The first kappa shape index (κ1) is 14.4. The van der Waals surface area contributed by atoms with Gasteiger partial charge in [-0.25, -0.2) is 0 Å². The lowest BCUT2D eigenvalue weighted by Crippen LogP contribution is -2.20. The molecule has 0 spiro atoms. The first-order valence-electron chi connectivity index (χ1n) is 6.38. The van der Waals surface area contributed by atoms with Gasteiger partial charge in [-0.15, -0.1) is 12.4 Å². The third kappa shape index (κ3) is 2.81. The van der Waals surface area contributed by atoms with Gasteiger partial charge in [-0.05, 0) is 55.3 Å². The minimum Gasteiger partial charge on any atom is -0.324 e. The van der Waals surface area contributed by atoms with Crippen molar-refractivity contribution in [1.29, 1.82) is 0 Å². The van der Waals surface area contributed by atoms with Crippen LogP contribution in [0.5, 0.6) is 0 Å². The highest BCUT2D eigenvalue weighted by Gasteiger charge is 2.17. The molecule has 0 amide bonds. The van der Waals surface area contributed by atoms with Crippen molar-refractivity contribution >= 4 is 24.0 Å². The molecule has 0 fully saturated rings. The van der Waals surface area contributed by atoms with Crippen LogP contribution in [0.1, 0.15) is 11.1 Å². The Morgan fingerprint density at radius 3 is 2.32 bits per heavy atom. The number of likely N-dealkylation sites (N-methyl/N-ethyl adjacent to an activating group) is 1. The second-order valence-corrected chi connectivity index (χ2v) is 5.32. The molecular weight excluding hydrogens is 279 g/mol. The summed E-state index contributed by atoms with van der Waals surface area (Å²) in [4.78, 5) is 2.37. The van der Waals surface area contributed by atoms with Crippen LogP contribution < -0.4 is 0 Å². The number of nitrogens with zero attached hydrogens (tertiary/aromatic N) is 2. The molecular formula is C15H18Cl2N2. The van der Waals surface area contributed by atoms with Crippen molar-refractivity contribution < 1.29 is 0 Å². The highest BCUT2D eigenvalue weighted by Crippen LogP contribution is 2.29. The van der Waals surface area contributed by atoms with E-state index in [4.69, 9.17) is 11.6 Å². The summed E-state index contributed by atoms with van der Waals surface area (Å²) >= 11 is 6.37. The van der Waals surface area contributed by atoms with E-state index in [-0.39, 0.29) is 12.4 Å². The summed E-state index contributed by atoms with van der Waals surface area (Å²) < 4.78 is 2.18. The number of hydrogen-bond acceptors (Lipinski definition) is 1. The maximum absolute atomic E-state index is 6.37. The zero-order valence-electron chi connectivity index (χ0n) is 11.0. The molecule has 1 aliphatic rings. The summed E-state index contributed by atoms with van der Waals surface area (Å²) in [5.41, 5.74) is 4.00. The smallest absolute Gasteiger partial charge is 0.0485 e. The van der Waals surface area contributed by atoms with Crippen LogP contribution in [0.4, 0.5) is 0 Å². The normalized spacial score (nSPS) is 15.5. The molecule has 0 bridgehead atoms. The van der Waals surface area contributed by atoms with Gasteiger partial charge in [-0.1, -0.05) is 11.6 Å². The molecule has 0 aliphatic carbocycles. The number of benzene rings is 1. The van der Waals surface area contributed by atoms with Crippen LogP contribution in [0.2, 0.25) is 5.02 Å². The number of rotatable bonds is 1. The van der Waals surface area contributed by atoms with Crippen LogP contribution >= 0.6 is 24.0 Å². The molecule has 0 radical (unpaired) electrons. The van der Waals surface area contributed by atoms with E-state index >= 15 is 0 Å². The zero-order chi connectivity index (χ0) is 12.5. The summed E-state index contributed by atoms with van der Waals surface area (Å²) in [6.07, 6.45) is 6.30. The van der Waals surface area contributed by atoms with Gasteiger partial charge in [0.05, 0.1) is 0 Å². The van der Waals surface area contributed by atoms with Crippen molar-refractivity contribution in [3.8, 4) is 5.69 Å². The Labute approximate surface area is 125 Å². The standard InChI is InChI=1S/C15H17ClN2.ClH/c1-17-10-6-12-13(7-11-17)15(5-4-14(12)16)18-8-2-3-9-18;/h2-5,8-9H,6-7,10-11H2,1H3;1H. The second kappa shape index (κ2) is 6.00. The molecule has 4 heteroatoms. The van der Waals surface area contributed by atoms with E-state index < -0.39 is 0 Å². The molecule has 19 heavy (non-hydrogen) atoms. The van der Waals surface area contributed by atoms with Gasteiger partial charge in [-0.3, -0.25) is 0 Å². The summed E-state index contributed by atoms with van der Waals surface area (Å²) in [6.45, 7) is 2.18. The van der Waals surface area contributed by atoms with Crippen LogP contribution in [-0.2, 0) is 12.8 Å². The number of aromatic nitrogens is 1. The van der Waals surface area contributed by atoms with E-state index in [2.05, 4.69) is 47.1 Å². The minimum atomic E-state index is 0. The molecule has 3 rings (SSSR count). The van der Waals surface area contributed by atoms with E-state index in [9.17, 15) is 0 Å². The van der Waals surface area contributed by atoms with Crippen LogP contribution in [0.3, 0.4) is 0 Å². The highest BCUT2D eigenvalue weighted by molar-refractivity contribution is 6.31. The molecule has 0 saturated carbocycles. The number of fused-ring (bicyclic) bond motifs is 1. The third-order valence-electron chi connectivity index (χ3n) is 3.72. The predicted molar refractivity (Wildman–Crippen MR) is 82.9 cm³/mol. The lowest BCUT2D eigenvalue weighted by atomic mass is 10.0. The average molecular weight is 297 g/mol. The Morgan fingerprint density at radius 2 is 1.63 bits per heavy atom. The van der Waals surface area contributed by atoms with Crippen LogP contribution in [0, 0.1) is 0 Å². The summed E-state index contributed by atoms with van der Waals surface area (Å²) in [6, 6.07) is 8.28. The largest absolute Gasteiger partial charge is 0.324 e. The van der Waals surface area contributed by atoms with Gasteiger partial charge in [0.2, 0.25) is 0 Å². The van der Waals surface area contributed by atoms with Crippen molar-refractivity contribution in [1.82, 2.24) is 9.47 Å². The van der Waals surface area contributed by atoms with Crippen molar-refractivity contribution in [3.05, 3.63) is 52.8 Å². The molecule has 102 valence electrons. The van der Waals surface area contributed by atoms with Crippen LogP contribution in [0.15, 0.2) is 36.7 Å². The van der Waals surface area contributed by atoms with Gasteiger partial charge in [0.15, 0.2) is 0 Å². The molecule has 2 aromatic rings. The summed E-state index contributed by atoms with van der Waals surface area (Å²) in [5, 5.41) is 0.913. The zero-order valence-corrected chi connectivity index (χ0v) is 12.5. The fourth-order valence-electron chi connectivity index (χ4n) is 2.66. The molecule has 0 saturated heterocycles. The lowest BCUT2D eigenvalue weighted by Gasteiger charge is -2.14. The highest BCUT2D eigenvalue weighted by atomic mass is 35.5. The number of hydrogen-bond donors (Lipinski definition) is 0. The monoisotopic (exact) mass is 296 g/mol. The third-order valence-corrected chi connectivity index (χ3v) is 4.07. The van der Waals surface area contributed by atoms with Gasteiger partial charge in [0, 0.05) is 36.2 Å². The molecule has 2 nitrogen and oxygen atoms in total. The van der Waals surface area contributed by atoms with Crippen LogP contribution in [0.25, 0.3) is 5.69 Å². The average Bonchev–Trinajstić information content (AvgIpc) is 2.81. The van der Waals surface area contributed by atoms with E-state index in [1.54, 1.807) is 0 Å². The molecule has 0 atom stereocenters. The Kier molecular flexibility index (Phi) is 4.56. The molecule has 1 aromatic heterocycles. The van der Waals surface area contributed by atoms with Gasteiger partial charge < -0.3 is 9.47 Å². The summed E-state index contributed by atoms with van der Waals surface area (Å²) in [7, 11) is 2.18. The van der Waals surface area contributed by atoms with Gasteiger partial charge in [0.1, 0.15) is 0 Å². The van der Waals surface area contributed by atoms with Crippen molar-refractivity contribution in [3.63, 3.8) is 0 Å². The molecule has 1 aromatic carbocycles. The summed E-state index contributed by atoms with van der Waals surface area (Å²) in [5.74, 6) is 0. The minimum absolute atomic E-state index is 0. The lowest BCUT2D eigenvalue weighted by molar-refractivity contribution is 0.352. The Balaban J connectivity index is 0.00000133. The Bertz CT molecular complexity index is 550. The fraction of sp³-hybridized carbons (Fsp3) is 0.333. The Hall–Kier alpha value is -0.960. The molecule has 2 heterocycles. The fourth-order valence-corrected chi connectivity index (χ4v) is 2.93. The maximum Gasteiger partial charge on any atom is 0.0485 e. The predicted octanol–water partition coefficient (Wildman–Crippen LogP) is 3.58. The molecule has 0 N–H and O–H groups in total. The first-order valence-corrected chi connectivity index (χ1v) is 6.75. The second-order valence-electron chi connectivity index (χ2n) is 4.92. The van der Waals surface area contributed by atoms with E-state index in [1.807, 2.05) is 6.07 Å². The van der Waals surface area contributed by atoms with Crippen molar-refractivity contribution in [2.45, 2.75) is 12.8 Å². The first-order chi connectivity index (χ1) is 8.75. The molecule has 0 unspecified atom stereocenters. The quantitative estimate of drug-likeness (QED) is 0.781. The topological polar surface area (TPSA) is 8.17 Å². The van der Waals surface area contributed by atoms with Gasteiger partial charge in [0.25, 0.3) is 0 Å². The number of halogens is 2. The van der Waals surface area contributed by atoms with Crippen LogP contribution in [-0.4, -0.2) is 29.6 Å². The van der Waals surface area contributed by atoms with Gasteiger partial charge in [-0.2, -0.15) is 0 Å². The van der Waals surface area contributed by atoms with Gasteiger partial charge >= 0.3 is 0 Å². The van der Waals surface area contributed by atoms with E-state index in [0.717, 1.165) is 31.0 Å².